The predicted molar refractivity (Wildman–Crippen MR) is 84.1 cm³/mol. The van der Waals surface area contributed by atoms with Crippen LogP contribution in [-0.2, 0) is 6.42 Å². The van der Waals surface area contributed by atoms with Crippen LogP contribution in [0.2, 0.25) is 0 Å². The Morgan fingerprint density at radius 1 is 1.50 bits per heavy atom. The zero-order valence-electron chi connectivity index (χ0n) is 13.3. The molecule has 1 saturated heterocycles. The summed E-state index contributed by atoms with van der Waals surface area (Å²) in [5.74, 6) is -0.0521. The molecule has 0 spiro atoms. The molecule has 0 aromatic heterocycles. The topological polar surface area (TPSA) is 52.6 Å². The standard InChI is InChI=1S/C17H25FN2O2/c1-12(6-7-14-4-3-5-16(18)10-14)19-17(22)20-9-8-15(11-20)13(2)21/h3-5,10,12-13,15,21H,6-9,11H2,1-2H3,(H,19,22)/t12-,13+,15-/m1/s1. The second-order valence-corrected chi connectivity index (χ2v) is 6.25. The number of likely N-dealkylation sites (tertiary alicyclic amines) is 1. The van der Waals surface area contributed by atoms with Gasteiger partial charge in [0.2, 0.25) is 0 Å². The van der Waals surface area contributed by atoms with Crippen molar-refractivity contribution in [2.24, 2.45) is 5.92 Å². The van der Waals surface area contributed by atoms with Crippen LogP contribution >= 0.6 is 0 Å². The second kappa shape index (κ2) is 7.58. The second-order valence-electron chi connectivity index (χ2n) is 6.25. The first kappa shape index (κ1) is 16.7. The van der Waals surface area contributed by atoms with Crippen molar-refractivity contribution in [1.82, 2.24) is 10.2 Å². The van der Waals surface area contributed by atoms with Crippen LogP contribution in [0.1, 0.15) is 32.3 Å². The number of carbonyl (C=O) groups is 1. The molecule has 2 rings (SSSR count). The van der Waals surface area contributed by atoms with Gasteiger partial charge in [-0.15, -0.1) is 0 Å². The first-order valence-electron chi connectivity index (χ1n) is 7.93. The number of benzene rings is 1. The highest BCUT2D eigenvalue weighted by molar-refractivity contribution is 5.74. The van der Waals surface area contributed by atoms with Gasteiger partial charge in [0.25, 0.3) is 0 Å². The lowest BCUT2D eigenvalue weighted by atomic mass is 10.0. The molecule has 0 unspecified atom stereocenters. The van der Waals surface area contributed by atoms with Gasteiger partial charge in [0, 0.05) is 25.0 Å². The van der Waals surface area contributed by atoms with Crippen LogP contribution in [0.3, 0.4) is 0 Å². The van der Waals surface area contributed by atoms with Crippen LogP contribution in [-0.4, -0.2) is 41.3 Å². The molecule has 1 fully saturated rings. The summed E-state index contributed by atoms with van der Waals surface area (Å²) in [6.07, 6.45) is 1.98. The molecule has 0 saturated carbocycles. The van der Waals surface area contributed by atoms with Gasteiger partial charge in [-0.2, -0.15) is 0 Å². The smallest absolute Gasteiger partial charge is 0.317 e. The van der Waals surface area contributed by atoms with Crippen molar-refractivity contribution in [2.45, 2.75) is 45.3 Å². The Morgan fingerprint density at radius 3 is 2.91 bits per heavy atom. The summed E-state index contributed by atoms with van der Waals surface area (Å²) in [7, 11) is 0. The van der Waals surface area contributed by atoms with Gasteiger partial charge in [-0.05, 0) is 50.8 Å². The van der Waals surface area contributed by atoms with Gasteiger partial charge < -0.3 is 15.3 Å². The fourth-order valence-electron chi connectivity index (χ4n) is 2.82. The SMILES string of the molecule is C[C@H](CCc1cccc(F)c1)NC(=O)N1CC[C@@H]([C@H](C)O)C1. The molecule has 22 heavy (non-hydrogen) atoms. The molecule has 0 bridgehead atoms. The highest BCUT2D eigenvalue weighted by atomic mass is 19.1. The summed E-state index contributed by atoms with van der Waals surface area (Å²) in [5, 5.41) is 12.6. The van der Waals surface area contributed by atoms with Crippen molar-refractivity contribution >= 4 is 6.03 Å². The van der Waals surface area contributed by atoms with Crippen LogP contribution in [0.4, 0.5) is 9.18 Å². The number of hydrogen-bond donors (Lipinski definition) is 2. The number of hydrogen-bond acceptors (Lipinski definition) is 2. The molecule has 122 valence electrons. The molecule has 1 aliphatic heterocycles. The highest BCUT2D eigenvalue weighted by Gasteiger charge is 2.29. The Hall–Kier alpha value is -1.62. The third-order valence-corrected chi connectivity index (χ3v) is 4.32. The van der Waals surface area contributed by atoms with Crippen molar-refractivity contribution in [2.75, 3.05) is 13.1 Å². The maximum absolute atomic E-state index is 13.1. The third-order valence-electron chi connectivity index (χ3n) is 4.32. The van der Waals surface area contributed by atoms with Crippen molar-refractivity contribution in [1.29, 1.82) is 0 Å². The van der Waals surface area contributed by atoms with Crippen molar-refractivity contribution in [3.05, 3.63) is 35.6 Å². The molecular formula is C17H25FN2O2. The molecule has 2 amide bonds. The molecule has 0 aliphatic carbocycles. The molecule has 1 aliphatic rings. The minimum Gasteiger partial charge on any atom is -0.393 e. The maximum atomic E-state index is 13.1. The van der Waals surface area contributed by atoms with Crippen molar-refractivity contribution in [3.63, 3.8) is 0 Å². The van der Waals surface area contributed by atoms with Gasteiger partial charge in [0.15, 0.2) is 0 Å². The monoisotopic (exact) mass is 308 g/mol. The first-order chi connectivity index (χ1) is 10.5. The average molecular weight is 308 g/mol. The van der Waals surface area contributed by atoms with Gasteiger partial charge in [0.05, 0.1) is 6.10 Å². The fourth-order valence-corrected chi connectivity index (χ4v) is 2.82. The first-order valence-corrected chi connectivity index (χ1v) is 7.93. The number of aliphatic hydroxyl groups excluding tert-OH is 1. The van der Waals surface area contributed by atoms with Gasteiger partial charge in [-0.25, -0.2) is 9.18 Å². The van der Waals surface area contributed by atoms with Crippen LogP contribution < -0.4 is 5.32 Å². The molecule has 0 radical (unpaired) electrons. The molecular weight excluding hydrogens is 283 g/mol. The van der Waals surface area contributed by atoms with Crippen LogP contribution in [0, 0.1) is 11.7 Å². The number of aryl methyl sites for hydroxylation is 1. The van der Waals surface area contributed by atoms with E-state index in [1.54, 1.807) is 17.9 Å². The van der Waals surface area contributed by atoms with E-state index in [4.69, 9.17) is 0 Å². The van der Waals surface area contributed by atoms with E-state index >= 15 is 0 Å². The number of aliphatic hydroxyl groups is 1. The lowest BCUT2D eigenvalue weighted by Crippen LogP contribution is -2.43. The lowest BCUT2D eigenvalue weighted by Gasteiger charge is -2.21. The van der Waals surface area contributed by atoms with E-state index in [-0.39, 0.29) is 29.9 Å². The quantitative estimate of drug-likeness (QED) is 0.878. The molecule has 1 heterocycles. The van der Waals surface area contributed by atoms with E-state index in [1.807, 2.05) is 13.0 Å². The minimum absolute atomic E-state index is 0.0290. The number of rotatable bonds is 5. The number of urea groups is 1. The van der Waals surface area contributed by atoms with Gasteiger partial charge in [0.1, 0.15) is 5.82 Å². The van der Waals surface area contributed by atoms with E-state index in [2.05, 4.69) is 5.32 Å². The molecule has 4 nitrogen and oxygen atoms in total. The van der Waals surface area contributed by atoms with Crippen molar-refractivity contribution < 1.29 is 14.3 Å². The largest absolute Gasteiger partial charge is 0.393 e. The molecule has 3 atom stereocenters. The summed E-state index contributed by atoms with van der Waals surface area (Å²) >= 11 is 0. The van der Waals surface area contributed by atoms with E-state index in [9.17, 15) is 14.3 Å². The van der Waals surface area contributed by atoms with E-state index in [0.717, 1.165) is 24.8 Å². The number of amides is 2. The third kappa shape index (κ3) is 4.70. The van der Waals surface area contributed by atoms with Crippen LogP contribution in [0.5, 0.6) is 0 Å². The summed E-state index contributed by atoms with van der Waals surface area (Å²) in [6.45, 7) is 5.03. The number of carbonyl (C=O) groups excluding carboxylic acids is 1. The van der Waals surface area contributed by atoms with Crippen LogP contribution in [0.15, 0.2) is 24.3 Å². The summed E-state index contributed by atoms with van der Waals surface area (Å²) in [4.78, 5) is 13.9. The Bertz CT molecular complexity index is 507. The summed E-state index contributed by atoms with van der Waals surface area (Å²) < 4.78 is 13.1. The average Bonchev–Trinajstić information content (AvgIpc) is 2.95. The highest BCUT2D eigenvalue weighted by Crippen LogP contribution is 2.19. The molecule has 5 heteroatoms. The van der Waals surface area contributed by atoms with E-state index in [1.165, 1.54) is 12.1 Å². The normalized spacial score (nSPS) is 20.7. The summed E-state index contributed by atoms with van der Waals surface area (Å²) in [5.41, 5.74) is 0.941. The van der Waals surface area contributed by atoms with E-state index < -0.39 is 0 Å². The molecule has 1 aromatic rings. The Labute approximate surface area is 131 Å². The number of halogens is 1. The van der Waals surface area contributed by atoms with Gasteiger partial charge >= 0.3 is 6.03 Å². The van der Waals surface area contributed by atoms with E-state index in [0.29, 0.717) is 13.1 Å². The Morgan fingerprint density at radius 2 is 2.27 bits per heavy atom. The molecule has 1 aromatic carbocycles. The summed E-state index contributed by atoms with van der Waals surface area (Å²) in [6, 6.07) is 6.51. The Balaban J connectivity index is 1.75. The zero-order valence-corrected chi connectivity index (χ0v) is 13.3. The van der Waals surface area contributed by atoms with Crippen molar-refractivity contribution in [3.8, 4) is 0 Å². The molecule has 2 N–H and O–H groups in total. The van der Waals surface area contributed by atoms with Gasteiger partial charge in [-0.3, -0.25) is 0 Å². The zero-order chi connectivity index (χ0) is 16.1. The Kier molecular flexibility index (Phi) is 5.77. The fraction of sp³-hybridized carbons (Fsp3) is 0.588. The number of nitrogens with zero attached hydrogens (tertiary/aromatic N) is 1. The predicted octanol–water partition coefficient (Wildman–Crippen LogP) is 2.56. The van der Waals surface area contributed by atoms with Gasteiger partial charge in [-0.1, -0.05) is 12.1 Å². The number of nitrogens with one attached hydrogen (secondary N) is 1. The maximum Gasteiger partial charge on any atom is 0.317 e. The minimum atomic E-state index is -0.372. The lowest BCUT2D eigenvalue weighted by molar-refractivity contribution is 0.129. The van der Waals surface area contributed by atoms with Crippen LogP contribution in [0.25, 0.3) is 0 Å².